The van der Waals surface area contributed by atoms with Gasteiger partial charge in [0.05, 0.1) is 13.7 Å². The molecule has 2 N–H and O–H groups in total. The summed E-state index contributed by atoms with van der Waals surface area (Å²) in [5, 5.41) is 12.0. The van der Waals surface area contributed by atoms with E-state index < -0.39 is 0 Å². The highest BCUT2D eigenvalue weighted by molar-refractivity contribution is 5.91. The number of ether oxygens (including phenoxy) is 1. The van der Waals surface area contributed by atoms with Crippen LogP contribution < -0.4 is 10.1 Å². The van der Waals surface area contributed by atoms with Crippen molar-refractivity contribution in [3.05, 3.63) is 59.7 Å². The van der Waals surface area contributed by atoms with E-state index in [1.165, 1.54) is 0 Å². The van der Waals surface area contributed by atoms with Crippen molar-refractivity contribution in [1.82, 2.24) is 0 Å². The van der Waals surface area contributed by atoms with Gasteiger partial charge in [0.15, 0.2) is 0 Å². The number of anilines is 1. The van der Waals surface area contributed by atoms with Crippen molar-refractivity contribution in [1.29, 1.82) is 0 Å². The van der Waals surface area contributed by atoms with Crippen LogP contribution in [0.1, 0.15) is 30.4 Å². The molecule has 2 aromatic carbocycles. The molecule has 0 aliphatic carbocycles. The number of benzene rings is 2. The molecule has 4 nitrogen and oxygen atoms in total. The monoisotopic (exact) mass is 299 g/mol. The average Bonchev–Trinajstić information content (AvgIpc) is 2.54. The maximum Gasteiger partial charge on any atom is 0.224 e. The van der Waals surface area contributed by atoms with Gasteiger partial charge in [0.2, 0.25) is 5.91 Å². The molecule has 0 bridgehead atoms. The van der Waals surface area contributed by atoms with Gasteiger partial charge in [-0.25, -0.2) is 0 Å². The summed E-state index contributed by atoms with van der Waals surface area (Å²) in [6, 6.07) is 14.9. The first-order valence-corrected chi connectivity index (χ1v) is 7.26. The number of methoxy groups -OCH3 is 1. The van der Waals surface area contributed by atoms with Crippen molar-refractivity contribution in [2.75, 3.05) is 12.4 Å². The molecule has 1 amide bonds. The molecule has 0 fully saturated rings. The van der Waals surface area contributed by atoms with Crippen molar-refractivity contribution in [3.63, 3.8) is 0 Å². The number of aliphatic hydroxyl groups excluding tert-OH is 1. The summed E-state index contributed by atoms with van der Waals surface area (Å²) in [5.41, 5.74) is 2.49. The van der Waals surface area contributed by atoms with Crippen LogP contribution in [0.2, 0.25) is 0 Å². The summed E-state index contributed by atoms with van der Waals surface area (Å²) in [7, 11) is 1.63. The number of rotatable bonds is 6. The molecule has 0 spiro atoms. The van der Waals surface area contributed by atoms with E-state index in [0.29, 0.717) is 12.1 Å². The van der Waals surface area contributed by atoms with Gasteiger partial charge in [-0.2, -0.15) is 0 Å². The van der Waals surface area contributed by atoms with Crippen molar-refractivity contribution < 1.29 is 14.6 Å². The quantitative estimate of drug-likeness (QED) is 0.860. The molecular weight excluding hydrogens is 278 g/mol. The minimum atomic E-state index is -0.0616. The van der Waals surface area contributed by atoms with E-state index in [0.717, 1.165) is 16.9 Å². The average molecular weight is 299 g/mol. The Kier molecular flexibility index (Phi) is 5.55. The van der Waals surface area contributed by atoms with Gasteiger partial charge >= 0.3 is 0 Å². The molecule has 0 saturated heterocycles. The first-order valence-electron chi connectivity index (χ1n) is 7.26. The van der Waals surface area contributed by atoms with E-state index in [2.05, 4.69) is 5.32 Å². The van der Waals surface area contributed by atoms with Gasteiger partial charge in [-0.05, 0) is 35.2 Å². The molecule has 4 heteroatoms. The predicted octanol–water partition coefficient (Wildman–Crippen LogP) is 3.32. The third-order valence-corrected chi connectivity index (χ3v) is 3.55. The summed E-state index contributed by atoms with van der Waals surface area (Å²) in [6.45, 7) is 1.96. The summed E-state index contributed by atoms with van der Waals surface area (Å²) in [5.74, 6) is 0.788. The predicted molar refractivity (Wildman–Crippen MR) is 87.0 cm³/mol. The van der Waals surface area contributed by atoms with Gasteiger partial charge < -0.3 is 15.2 Å². The lowest BCUT2D eigenvalue weighted by Crippen LogP contribution is -2.15. The minimum Gasteiger partial charge on any atom is -0.496 e. The van der Waals surface area contributed by atoms with Gasteiger partial charge in [0.25, 0.3) is 0 Å². The summed E-state index contributed by atoms with van der Waals surface area (Å²) in [4.78, 5) is 12.2. The lowest BCUT2D eigenvalue weighted by molar-refractivity contribution is -0.116. The van der Waals surface area contributed by atoms with Crippen molar-refractivity contribution in [3.8, 4) is 5.75 Å². The number of nitrogens with one attached hydrogen (secondary N) is 1. The third kappa shape index (κ3) is 4.09. The number of aliphatic hydroxyl groups is 1. The number of para-hydroxylation sites is 1. The largest absolute Gasteiger partial charge is 0.496 e. The normalized spacial score (nSPS) is 11.8. The van der Waals surface area contributed by atoms with Gasteiger partial charge in [0.1, 0.15) is 5.75 Å². The van der Waals surface area contributed by atoms with E-state index >= 15 is 0 Å². The van der Waals surface area contributed by atoms with Crippen LogP contribution in [0.5, 0.6) is 5.75 Å². The topological polar surface area (TPSA) is 58.6 Å². The van der Waals surface area contributed by atoms with Crippen LogP contribution in [-0.2, 0) is 11.4 Å². The standard InChI is InChI=1S/C18H21NO3/c1-13(16-8-3-4-9-17(16)22-2)10-18(21)19-15-7-5-6-14(11-15)12-20/h3-9,11,13,20H,10,12H2,1-2H3,(H,19,21). The van der Waals surface area contributed by atoms with Gasteiger partial charge in [0, 0.05) is 12.1 Å². The zero-order valence-corrected chi connectivity index (χ0v) is 12.9. The highest BCUT2D eigenvalue weighted by Gasteiger charge is 2.15. The van der Waals surface area contributed by atoms with E-state index in [1.54, 1.807) is 13.2 Å². The van der Waals surface area contributed by atoms with Crippen LogP contribution in [0, 0.1) is 0 Å². The number of amides is 1. The Labute approximate surface area is 130 Å². The Balaban J connectivity index is 2.02. The minimum absolute atomic E-state index is 0.0403. The van der Waals surface area contributed by atoms with E-state index in [9.17, 15) is 4.79 Å². The highest BCUT2D eigenvalue weighted by Crippen LogP contribution is 2.28. The molecule has 116 valence electrons. The number of carbonyl (C=O) groups excluding carboxylic acids is 1. The van der Waals surface area contributed by atoms with Crippen LogP contribution in [0.4, 0.5) is 5.69 Å². The Morgan fingerprint density at radius 2 is 2.00 bits per heavy atom. The summed E-state index contributed by atoms with van der Waals surface area (Å²) < 4.78 is 5.34. The molecule has 1 unspecified atom stereocenters. The van der Waals surface area contributed by atoms with Crippen molar-refractivity contribution in [2.24, 2.45) is 0 Å². The van der Waals surface area contributed by atoms with Crippen LogP contribution >= 0.6 is 0 Å². The second kappa shape index (κ2) is 7.61. The molecule has 0 radical (unpaired) electrons. The Hall–Kier alpha value is -2.33. The number of carbonyl (C=O) groups is 1. The Bertz CT molecular complexity index is 640. The molecule has 0 aliphatic heterocycles. The number of hydrogen-bond donors (Lipinski definition) is 2. The number of hydrogen-bond acceptors (Lipinski definition) is 3. The molecule has 2 aromatic rings. The molecule has 2 rings (SSSR count). The maximum absolute atomic E-state index is 12.2. The third-order valence-electron chi connectivity index (χ3n) is 3.55. The lowest BCUT2D eigenvalue weighted by atomic mass is 9.96. The maximum atomic E-state index is 12.2. The summed E-state index contributed by atoms with van der Waals surface area (Å²) >= 11 is 0. The van der Waals surface area contributed by atoms with Crippen LogP contribution in [-0.4, -0.2) is 18.1 Å². The zero-order chi connectivity index (χ0) is 15.9. The fourth-order valence-corrected chi connectivity index (χ4v) is 2.42. The van der Waals surface area contributed by atoms with Crippen molar-refractivity contribution >= 4 is 11.6 Å². The SMILES string of the molecule is COc1ccccc1C(C)CC(=O)Nc1cccc(CO)c1. The van der Waals surface area contributed by atoms with Crippen LogP contribution in [0.3, 0.4) is 0 Å². The second-order valence-electron chi connectivity index (χ2n) is 5.25. The molecule has 0 saturated carbocycles. The molecule has 1 atom stereocenters. The molecule has 0 aromatic heterocycles. The zero-order valence-electron chi connectivity index (χ0n) is 12.9. The van der Waals surface area contributed by atoms with Crippen LogP contribution in [0.25, 0.3) is 0 Å². The van der Waals surface area contributed by atoms with E-state index in [1.807, 2.05) is 49.4 Å². The second-order valence-corrected chi connectivity index (χ2v) is 5.25. The fourth-order valence-electron chi connectivity index (χ4n) is 2.42. The molecule has 22 heavy (non-hydrogen) atoms. The fraction of sp³-hybridized carbons (Fsp3) is 0.278. The first-order chi connectivity index (χ1) is 10.6. The molecule has 0 aliphatic rings. The van der Waals surface area contributed by atoms with Crippen molar-refractivity contribution in [2.45, 2.75) is 25.9 Å². The molecular formula is C18H21NO3. The smallest absolute Gasteiger partial charge is 0.224 e. The van der Waals surface area contributed by atoms with Gasteiger partial charge in [-0.3, -0.25) is 4.79 Å². The van der Waals surface area contributed by atoms with Gasteiger partial charge in [-0.1, -0.05) is 37.3 Å². The lowest BCUT2D eigenvalue weighted by Gasteiger charge is -2.15. The van der Waals surface area contributed by atoms with E-state index in [-0.39, 0.29) is 18.4 Å². The highest BCUT2D eigenvalue weighted by atomic mass is 16.5. The Morgan fingerprint density at radius 3 is 2.73 bits per heavy atom. The summed E-state index contributed by atoms with van der Waals surface area (Å²) in [6.07, 6.45) is 0.365. The molecule has 0 heterocycles. The van der Waals surface area contributed by atoms with Crippen LogP contribution in [0.15, 0.2) is 48.5 Å². The van der Waals surface area contributed by atoms with Gasteiger partial charge in [-0.15, -0.1) is 0 Å². The Morgan fingerprint density at radius 1 is 1.23 bits per heavy atom. The van der Waals surface area contributed by atoms with E-state index in [4.69, 9.17) is 9.84 Å². The first kappa shape index (κ1) is 16.0.